The first-order valence-corrected chi connectivity index (χ1v) is 7.77. The van der Waals surface area contributed by atoms with Crippen molar-refractivity contribution in [2.75, 3.05) is 18.1 Å². The summed E-state index contributed by atoms with van der Waals surface area (Å²) in [5.41, 5.74) is 0.473. The van der Waals surface area contributed by atoms with Gasteiger partial charge in [-0.05, 0) is 69.4 Å². The van der Waals surface area contributed by atoms with Crippen molar-refractivity contribution in [2.45, 2.75) is 57.4 Å². The summed E-state index contributed by atoms with van der Waals surface area (Å²) < 4.78 is 0. The average Bonchev–Trinajstić information content (AvgIpc) is 2.29. The van der Waals surface area contributed by atoms with Crippen molar-refractivity contribution in [3.8, 4) is 0 Å². The highest BCUT2D eigenvalue weighted by Crippen LogP contribution is 2.31. The molecule has 0 radical (unpaired) electrons. The highest BCUT2D eigenvalue weighted by atomic mass is 32.2. The third-order valence-corrected chi connectivity index (χ3v) is 5.35. The van der Waals surface area contributed by atoms with Gasteiger partial charge in [-0.25, -0.2) is 0 Å². The van der Waals surface area contributed by atoms with Crippen molar-refractivity contribution in [2.24, 2.45) is 5.92 Å². The minimum absolute atomic E-state index is 0.473. The fraction of sp³-hybridized carbons (Fsp3) is 1.00. The van der Waals surface area contributed by atoms with Crippen molar-refractivity contribution >= 4 is 11.8 Å². The van der Waals surface area contributed by atoms with Gasteiger partial charge >= 0.3 is 0 Å². The number of piperidine rings is 1. The van der Waals surface area contributed by atoms with Crippen LogP contribution >= 0.6 is 11.8 Å². The predicted octanol–water partition coefficient (Wildman–Crippen LogP) is 3.44. The van der Waals surface area contributed by atoms with Gasteiger partial charge in [-0.3, -0.25) is 0 Å². The van der Waals surface area contributed by atoms with E-state index in [2.05, 4.69) is 24.0 Å². The topological polar surface area (TPSA) is 12.0 Å². The van der Waals surface area contributed by atoms with Crippen LogP contribution in [0.15, 0.2) is 0 Å². The van der Waals surface area contributed by atoms with Crippen molar-refractivity contribution in [3.05, 3.63) is 0 Å². The standard InChI is InChI=1S/C13H25NS/c1-13(7-2-3-9-14-13)8-6-12-5-4-10-15-11-12/h12,14H,2-11H2,1H3. The summed E-state index contributed by atoms with van der Waals surface area (Å²) in [6.07, 6.45) is 10.0. The Bertz CT molecular complexity index is 181. The molecule has 1 nitrogen and oxygen atoms in total. The van der Waals surface area contributed by atoms with Gasteiger partial charge in [0.05, 0.1) is 0 Å². The second-order valence-electron chi connectivity index (χ2n) is 5.57. The summed E-state index contributed by atoms with van der Waals surface area (Å²) in [5.74, 6) is 3.85. The highest BCUT2D eigenvalue weighted by molar-refractivity contribution is 7.99. The zero-order valence-electron chi connectivity index (χ0n) is 10.1. The molecule has 0 aliphatic carbocycles. The first kappa shape index (κ1) is 11.8. The maximum absolute atomic E-state index is 3.73. The number of hydrogen-bond acceptors (Lipinski definition) is 2. The fourth-order valence-electron chi connectivity index (χ4n) is 2.89. The van der Waals surface area contributed by atoms with Crippen LogP contribution in [0.1, 0.15) is 51.9 Å². The second kappa shape index (κ2) is 5.58. The molecular formula is C13H25NS. The Hall–Kier alpha value is 0.310. The first-order valence-electron chi connectivity index (χ1n) is 6.61. The molecule has 2 heterocycles. The molecule has 2 unspecified atom stereocenters. The third-order valence-electron chi connectivity index (χ3n) is 4.07. The van der Waals surface area contributed by atoms with Gasteiger partial charge in [-0.15, -0.1) is 0 Å². The monoisotopic (exact) mass is 227 g/mol. The molecule has 0 aromatic rings. The predicted molar refractivity (Wildman–Crippen MR) is 69.5 cm³/mol. The lowest BCUT2D eigenvalue weighted by Gasteiger charge is -2.36. The molecule has 2 aliphatic rings. The van der Waals surface area contributed by atoms with Crippen LogP contribution in [-0.4, -0.2) is 23.6 Å². The summed E-state index contributed by atoms with van der Waals surface area (Å²) in [6, 6.07) is 0. The molecule has 2 aliphatic heterocycles. The summed E-state index contributed by atoms with van der Waals surface area (Å²) >= 11 is 2.17. The summed E-state index contributed by atoms with van der Waals surface area (Å²) in [6.45, 7) is 3.68. The molecule has 2 atom stereocenters. The van der Waals surface area contributed by atoms with Crippen molar-refractivity contribution in [1.82, 2.24) is 5.32 Å². The van der Waals surface area contributed by atoms with E-state index in [4.69, 9.17) is 0 Å². The molecule has 2 saturated heterocycles. The highest BCUT2D eigenvalue weighted by Gasteiger charge is 2.27. The maximum atomic E-state index is 3.73. The SMILES string of the molecule is CC1(CCC2CCCSC2)CCCCN1. The quantitative estimate of drug-likeness (QED) is 0.792. The molecular weight excluding hydrogens is 202 g/mol. The van der Waals surface area contributed by atoms with Gasteiger partial charge in [0.25, 0.3) is 0 Å². The third kappa shape index (κ3) is 3.67. The molecule has 2 rings (SSSR count). The number of rotatable bonds is 3. The molecule has 0 bridgehead atoms. The van der Waals surface area contributed by atoms with Crippen LogP contribution in [0.25, 0.3) is 0 Å². The molecule has 0 spiro atoms. The van der Waals surface area contributed by atoms with E-state index in [1.165, 1.54) is 63.0 Å². The van der Waals surface area contributed by atoms with E-state index in [9.17, 15) is 0 Å². The normalized spacial score (nSPS) is 37.8. The minimum Gasteiger partial charge on any atom is -0.312 e. The van der Waals surface area contributed by atoms with Crippen LogP contribution in [0.3, 0.4) is 0 Å². The number of hydrogen-bond donors (Lipinski definition) is 1. The molecule has 0 aromatic heterocycles. The lowest BCUT2D eigenvalue weighted by molar-refractivity contribution is 0.241. The van der Waals surface area contributed by atoms with Crippen molar-refractivity contribution < 1.29 is 0 Å². The first-order chi connectivity index (χ1) is 7.29. The zero-order valence-corrected chi connectivity index (χ0v) is 10.9. The number of nitrogens with one attached hydrogen (secondary N) is 1. The van der Waals surface area contributed by atoms with Gasteiger partial charge in [-0.2, -0.15) is 11.8 Å². The van der Waals surface area contributed by atoms with E-state index < -0.39 is 0 Å². The van der Waals surface area contributed by atoms with Crippen molar-refractivity contribution in [3.63, 3.8) is 0 Å². The average molecular weight is 227 g/mol. The van der Waals surface area contributed by atoms with Crippen LogP contribution in [0.2, 0.25) is 0 Å². The van der Waals surface area contributed by atoms with Crippen LogP contribution in [-0.2, 0) is 0 Å². The van der Waals surface area contributed by atoms with Gasteiger partial charge in [-0.1, -0.05) is 6.42 Å². The zero-order chi connectivity index (χ0) is 10.6. The summed E-state index contributed by atoms with van der Waals surface area (Å²) in [4.78, 5) is 0. The summed E-state index contributed by atoms with van der Waals surface area (Å²) in [5, 5.41) is 3.73. The van der Waals surface area contributed by atoms with Crippen LogP contribution < -0.4 is 5.32 Å². The van der Waals surface area contributed by atoms with Crippen molar-refractivity contribution in [1.29, 1.82) is 0 Å². The molecule has 0 amide bonds. The lowest BCUT2D eigenvalue weighted by Crippen LogP contribution is -2.46. The molecule has 2 heteroatoms. The van der Waals surface area contributed by atoms with Gasteiger partial charge < -0.3 is 5.32 Å². The molecule has 0 saturated carbocycles. The molecule has 15 heavy (non-hydrogen) atoms. The molecule has 1 N–H and O–H groups in total. The Morgan fingerprint density at radius 2 is 2.27 bits per heavy atom. The Morgan fingerprint density at radius 1 is 1.33 bits per heavy atom. The van der Waals surface area contributed by atoms with E-state index in [-0.39, 0.29) is 0 Å². The van der Waals surface area contributed by atoms with E-state index in [0.29, 0.717) is 5.54 Å². The minimum atomic E-state index is 0.473. The second-order valence-corrected chi connectivity index (χ2v) is 6.72. The van der Waals surface area contributed by atoms with Crippen LogP contribution in [0.4, 0.5) is 0 Å². The number of thioether (sulfide) groups is 1. The van der Waals surface area contributed by atoms with Gasteiger partial charge in [0.2, 0.25) is 0 Å². The van der Waals surface area contributed by atoms with Crippen LogP contribution in [0.5, 0.6) is 0 Å². The van der Waals surface area contributed by atoms with E-state index >= 15 is 0 Å². The van der Waals surface area contributed by atoms with E-state index in [1.807, 2.05) is 0 Å². The fourth-order valence-corrected chi connectivity index (χ4v) is 4.09. The Balaban J connectivity index is 1.70. The Morgan fingerprint density at radius 3 is 2.93 bits per heavy atom. The Kier molecular flexibility index (Phi) is 4.39. The molecule has 2 fully saturated rings. The smallest absolute Gasteiger partial charge is 0.0153 e. The van der Waals surface area contributed by atoms with Crippen LogP contribution in [0, 0.1) is 5.92 Å². The lowest BCUT2D eigenvalue weighted by atomic mass is 9.83. The van der Waals surface area contributed by atoms with Gasteiger partial charge in [0, 0.05) is 5.54 Å². The van der Waals surface area contributed by atoms with E-state index in [1.54, 1.807) is 0 Å². The van der Waals surface area contributed by atoms with E-state index in [0.717, 1.165) is 5.92 Å². The largest absolute Gasteiger partial charge is 0.312 e. The molecule has 0 aromatic carbocycles. The Labute approximate surface area is 98.8 Å². The van der Waals surface area contributed by atoms with Gasteiger partial charge in [0.1, 0.15) is 0 Å². The maximum Gasteiger partial charge on any atom is 0.0153 e. The van der Waals surface area contributed by atoms with Gasteiger partial charge in [0.15, 0.2) is 0 Å². The summed E-state index contributed by atoms with van der Waals surface area (Å²) in [7, 11) is 0. The molecule has 88 valence electrons.